The largest absolute Gasteiger partial charge is 0.508 e. The van der Waals surface area contributed by atoms with Crippen LogP contribution in [0.3, 0.4) is 0 Å². The number of benzene rings is 1. The molecular weight excluding hydrogens is 674 g/mol. The molecule has 5 atom stereocenters. The van der Waals surface area contributed by atoms with Crippen LogP contribution in [0.4, 0.5) is 0 Å². The molecule has 0 saturated carbocycles. The van der Waals surface area contributed by atoms with Crippen LogP contribution in [-0.4, -0.2) is 117 Å². The molecule has 1 aliphatic heterocycles. The second kappa shape index (κ2) is 19.9. The number of hydrogen-bond acceptors (Lipinski definition) is 10. The van der Waals surface area contributed by atoms with Gasteiger partial charge in [0.2, 0.25) is 35.4 Å². The van der Waals surface area contributed by atoms with Crippen molar-refractivity contribution in [2.24, 2.45) is 22.2 Å². The van der Waals surface area contributed by atoms with Crippen LogP contribution in [-0.2, 0) is 44.8 Å². The van der Waals surface area contributed by atoms with Gasteiger partial charge in [0, 0.05) is 32.9 Å². The Morgan fingerprint density at radius 2 is 1.49 bits per heavy atom. The topological polar surface area (TPSA) is 339 Å². The first-order chi connectivity index (χ1) is 24.0. The number of likely N-dealkylation sites (tertiary alicyclic amines) is 1. The van der Waals surface area contributed by atoms with Crippen molar-refractivity contribution in [3.8, 4) is 5.75 Å². The lowest BCUT2D eigenvalue weighted by Gasteiger charge is -2.30. The van der Waals surface area contributed by atoms with Gasteiger partial charge in [0.25, 0.3) is 0 Å². The minimum Gasteiger partial charge on any atom is -0.508 e. The number of nitrogens with two attached hydrogens (primary N) is 3. The fourth-order valence-electron chi connectivity index (χ4n) is 5.33. The van der Waals surface area contributed by atoms with Crippen molar-refractivity contribution in [1.29, 1.82) is 0 Å². The predicted octanol–water partition coefficient (Wildman–Crippen LogP) is -3.24. The number of primary amides is 1. The highest BCUT2D eigenvalue weighted by atomic mass is 16.4. The molecular formula is C31H45N9O11. The number of carbonyl (C=O) groups is 8. The van der Waals surface area contributed by atoms with Crippen LogP contribution >= 0.6 is 0 Å². The van der Waals surface area contributed by atoms with Gasteiger partial charge in [0.05, 0.1) is 6.42 Å². The highest BCUT2D eigenvalue weighted by Gasteiger charge is 2.39. The maximum atomic E-state index is 13.5. The SMILES string of the molecule is CC(=O)N[C@@H](CCCN=C(N)N)C(=O)N1CCC[C@H]1C(=O)N[C@@H](CC(=O)O)C(=O)N[C@@H](CCC(N)=O)C(=O)N[C@@H](Cc1ccc(O)cc1)C(=O)O. The number of phenolic OH excluding ortho intramolecular Hbond substituents is 1. The maximum absolute atomic E-state index is 13.5. The van der Waals surface area contributed by atoms with Crippen LogP contribution in [0.1, 0.15) is 57.4 Å². The van der Waals surface area contributed by atoms with Gasteiger partial charge in [-0.1, -0.05) is 12.1 Å². The number of aliphatic imine (C=N–C) groups is 1. The Labute approximate surface area is 292 Å². The molecule has 13 N–H and O–H groups in total. The quantitative estimate of drug-likeness (QED) is 0.0360. The third kappa shape index (κ3) is 14.2. The molecule has 1 aromatic carbocycles. The van der Waals surface area contributed by atoms with Crippen LogP contribution in [0.5, 0.6) is 5.75 Å². The number of carboxylic acids is 2. The second-order valence-electron chi connectivity index (χ2n) is 11.9. The van der Waals surface area contributed by atoms with Gasteiger partial charge in [-0.05, 0) is 49.8 Å². The smallest absolute Gasteiger partial charge is 0.326 e. The van der Waals surface area contributed by atoms with Gasteiger partial charge in [0.15, 0.2) is 5.96 Å². The third-order valence-corrected chi connectivity index (χ3v) is 7.77. The summed E-state index contributed by atoms with van der Waals surface area (Å²) in [6, 6.07) is -1.50. The molecule has 6 amide bonds. The first kappa shape index (κ1) is 41.2. The van der Waals surface area contributed by atoms with Crippen molar-refractivity contribution in [2.75, 3.05) is 13.1 Å². The second-order valence-corrected chi connectivity index (χ2v) is 11.9. The lowest BCUT2D eigenvalue weighted by molar-refractivity contribution is -0.144. The van der Waals surface area contributed by atoms with Gasteiger partial charge >= 0.3 is 11.9 Å². The van der Waals surface area contributed by atoms with Gasteiger partial charge in [-0.3, -0.25) is 38.6 Å². The highest BCUT2D eigenvalue weighted by molar-refractivity contribution is 5.97. The summed E-state index contributed by atoms with van der Waals surface area (Å²) in [5.41, 5.74) is 16.3. The van der Waals surface area contributed by atoms with Gasteiger partial charge in [0.1, 0.15) is 36.0 Å². The summed E-state index contributed by atoms with van der Waals surface area (Å²) >= 11 is 0. The molecule has 0 spiro atoms. The van der Waals surface area contributed by atoms with Crippen molar-refractivity contribution in [3.05, 3.63) is 29.8 Å². The zero-order valence-corrected chi connectivity index (χ0v) is 28.0. The number of amides is 6. The van der Waals surface area contributed by atoms with E-state index >= 15 is 0 Å². The van der Waals surface area contributed by atoms with Crippen molar-refractivity contribution < 1.29 is 53.7 Å². The summed E-state index contributed by atoms with van der Waals surface area (Å²) in [6.45, 7) is 1.52. The first-order valence-corrected chi connectivity index (χ1v) is 16.0. The first-order valence-electron chi connectivity index (χ1n) is 16.0. The number of rotatable bonds is 20. The van der Waals surface area contributed by atoms with Crippen molar-refractivity contribution in [3.63, 3.8) is 0 Å². The summed E-state index contributed by atoms with van der Waals surface area (Å²) in [4.78, 5) is 106. The number of carboxylic acid groups (broad SMARTS) is 2. The minimum atomic E-state index is -1.77. The van der Waals surface area contributed by atoms with Crippen molar-refractivity contribution in [1.82, 2.24) is 26.2 Å². The summed E-state index contributed by atoms with van der Waals surface area (Å²) in [6.07, 6.45) is -1.00. The van der Waals surface area contributed by atoms with E-state index in [0.717, 1.165) is 0 Å². The predicted molar refractivity (Wildman–Crippen MR) is 178 cm³/mol. The van der Waals surface area contributed by atoms with E-state index in [1.165, 1.54) is 36.1 Å². The van der Waals surface area contributed by atoms with E-state index in [2.05, 4.69) is 26.3 Å². The lowest BCUT2D eigenvalue weighted by Crippen LogP contribution is -2.59. The van der Waals surface area contributed by atoms with E-state index in [-0.39, 0.29) is 44.1 Å². The number of guanidine groups is 1. The number of aromatic hydroxyl groups is 1. The number of nitrogens with zero attached hydrogens (tertiary/aromatic N) is 2. The Kier molecular flexibility index (Phi) is 16.1. The van der Waals surface area contributed by atoms with E-state index in [1.54, 1.807) is 0 Å². The Morgan fingerprint density at radius 3 is 2.06 bits per heavy atom. The molecule has 0 bridgehead atoms. The minimum absolute atomic E-state index is 0.0655. The third-order valence-electron chi connectivity index (χ3n) is 7.77. The molecule has 20 heteroatoms. The van der Waals surface area contributed by atoms with E-state index in [9.17, 15) is 53.7 Å². The number of phenols is 1. The molecule has 1 saturated heterocycles. The molecule has 280 valence electrons. The molecule has 0 aromatic heterocycles. The summed E-state index contributed by atoms with van der Waals surface area (Å²) in [5.74, 6) is -8.14. The summed E-state index contributed by atoms with van der Waals surface area (Å²) < 4.78 is 0. The fourth-order valence-corrected chi connectivity index (χ4v) is 5.33. The highest BCUT2D eigenvalue weighted by Crippen LogP contribution is 2.20. The Bertz CT molecular complexity index is 1480. The summed E-state index contributed by atoms with van der Waals surface area (Å²) in [5, 5.41) is 38.2. The fraction of sp³-hybridized carbons (Fsp3) is 0.516. The zero-order valence-electron chi connectivity index (χ0n) is 28.0. The van der Waals surface area contributed by atoms with Crippen LogP contribution in [0.2, 0.25) is 0 Å². The average Bonchev–Trinajstić information content (AvgIpc) is 3.54. The molecule has 1 heterocycles. The lowest BCUT2D eigenvalue weighted by atomic mass is 10.0. The summed E-state index contributed by atoms with van der Waals surface area (Å²) in [7, 11) is 0. The molecule has 1 fully saturated rings. The van der Waals surface area contributed by atoms with Crippen LogP contribution in [0, 0.1) is 0 Å². The van der Waals surface area contributed by atoms with Crippen LogP contribution in [0.25, 0.3) is 0 Å². The molecule has 20 nitrogen and oxygen atoms in total. The van der Waals surface area contributed by atoms with Crippen LogP contribution < -0.4 is 38.5 Å². The van der Waals surface area contributed by atoms with Crippen LogP contribution in [0.15, 0.2) is 29.3 Å². The van der Waals surface area contributed by atoms with Gasteiger partial charge in [-0.25, -0.2) is 4.79 Å². The average molecular weight is 720 g/mol. The monoisotopic (exact) mass is 719 g/mol. The Balaban J connectivity index is 2.22. The van der Waals surface area contributed by atoms with Gasteiger partial charge in [-0.15, -0.1) is 0 Å². The zero-order chi connectivity index (χ0) is 38.2. The van der Waals surface area contributed by atoms with E-state index < -0.39 is 96.9 Å². The Morgan fingerprint density at radius 1 is 0.863 bits per heavy atom. The van der Waals surface area contributed by atoms with E-state index in [0.29, 0.717) is 18.4 Å². The molecule has 0 unspecified atom stereocenters. The molecule has 0 radical (unpaired) electrons. The van der Waals surface area contributed by atoms with Gasteiger partial charge in [-0.2, -0.15) is 0 Å². The van der Waals surface area contributed by atoms with Crippen molar-refractivity contribution >= 4 is 53.3 Å². The number of nitrogens with one attached hydrogen (secondary N) is 4. The number of aliphatic carboxylic acids is 2. The van der Waals surface area contributed by atoms with E-state index in [1.807, 2.05) is 0 Å². The molecule has 0 aliphatic carbocycles. The molecule has 1 aromatic rings. The number of carbonyl (C=O) groups excluding carboxylic acids is 6. The number of hydrogen-bond donors (Lipinski definition) is 10. The Hall–Kier alpha value is -5.95. The van der Waals surface area contributed by atoms with Gasteiger partial charge < -0.3 is 58.7 Å². The maximum Gasteiger partial charge on any atom is 0.326 e. The standard InChI is InChI=1S/C31H45N9O11/c1-16(41)36-20(4-2-12-35-31(33)34)29(49)40-13-3-5-23(40)28(48)38-21(15-25(44)45)27(47)37-19(10-11-24(32)43)26(46)39-22(30(50)51)14-17-6-8-18(42)9-7-17/h6-9,19-23,42H,2-5,10-15H2,1H3,(H2,32,43)(H,36,41)(H,37,47)(H,38,48)(H,39,46)(H,44,45)(H,50,51)(H4,33,34,35)/t19-,20-,21-,22-,23-/m0/s1. The molecule has 1 aliphatic rings. The molecule has 2 rings (SSSR count). The molecule has 51 heavy (non-hydrogen) atoms. The normalized spacial score (nSPS) is 16.0. The van der Waals surface area contributed by atoms with E-state index in [4.69, 9.17) is 17.2 Å². The van der Waals surface area contributed by atoms with Crippen molar-refractivity contribution in [2.45, 2.75) is 88.5 Å².